The third-order valence-electron chi connectivity index (χ3n) is 6.80. The summed E-state index contributed by atoms with van der Waals surface area (Å²) in [6.07, 6.45) is 5.48. The van der Waals surface area contributed by atoms with Gasteiger partial charge in [0, 0.05) is 40.7 Å². The van der Waals surface area contributed by atoms with E-state index in [0.29, 0.717) is 18.7 Å². The number of carbonyl (C=O) groups is 1. The maximum absolute atomic E-state index is 11.3. The number of fused-ring (bicyclic) bond motifs is 2. The molecule has 5 rings (SSSR count). The summed E-state index contributed by atoms with van der Waals surface area (Å²) in [5.41, 5.74) is 11.3. The van der Waals surface area contributed by atoms with E-state index in [1.165, 1.54) is 5.56 Å². The fraction of sp³-hybridized carbons (Fsp3) is 0.385. The van der Waals surface area contributed by atoms with Crippen LogP contribution in [0.25, 0.3) is 11.1 Å². The molecule has 9 heteroatoms. The van der Waals surface area contributed by atoms with Crippen LogP contribution in [0.2, 0.25) is 5.15 Å². The van der Waals surface area contributed by atoms with Crippen molar-refractivity contribution in [2.75, 3.05) is 18.1 Å². The molecule has 2 aliphatic rings. The van der Waals surface area contributed by atoms with Crippen molar-refractivity contribution in [3.63, 3.8) is 0 Å². The SMILES string of the molecule is Cc1c(-c2ccc3c(c2)CN(c2ncnc4c2CC(C)(C)CC4)CCO3)cnc(Cl)c1OC(N)=O. The molecule has 0 saturated heterocycles. The first-order chi connectivity index (χ1) is 16.7. The van der Waals surface area contributed by atoms with Gasteiger partial charge in [0.2, 0.25) is 0 Å². The Balaban J connectivity index is 1.51. The number of amides is 1. The predicted octanol–water partition coefficient (Wildman–Crippen LogP) is 4.87. The minimum atomic E-state index is -0.934. The van der Waals surface area contributed by atoms with Crippen LogP contribution in [-0.4, -0.2) is 34.2 Å². The largest absolute Gasteiger partial charge is 0.491 e. The first-order valence-corrected chi connectivity index (χ1v) is 12.1. The minimum Gasteiger partial charge on any atom is -0.491 e. The van der Waals surface area contributed by atoms with E-state index in [0.717, 1.165) is 59.8 Å². The van der Waals surface area contributed by atoms with Crippen molar-refractivity contribution < 1.29 is 14.3 Å². The molecule has 0 unspecified atom stereocenters. The molecule has 0 saturated carbocycles. The fourth-order valence-corrected chi connectivity index (χ4v) is 5.17. The van der Waals surface area contributed by atoms with E-state index in [1.807, 2.05) is 19.1 Å². The Kier molecular flexibility index (Phi) is 6.01. The van der Waals surface area contributed by atoms with Gasteiger partial charge in [-0.1, -0.05) is 31.5 Å². The number of aryl methyl sites for hydroxylation is 1. The average Bonchev–Trinajstić information content (AvgIpc) is 3.02. The number of anilines is 1. The molecular formula is C26H28ClN5O3. The molecular weight excluding hydrogens is 466 g/mol. The maximum atomic E-state index is 11.3. The molecule has 0 bridgehead atoms. The number of hydrogen-bond acceptors (Lipinski definition) is 7. The normalized spacial score (nSPS) is 16.5. The van der Waals surface area contributed by atoms with Crippen LogP contribution in [0.4, 0.5) is 10.6 Å². The van der Waals surface area contributed by atoms with Crippen LogP contribution in [-0.2, 0) is 19.4 Å². The zero-order chi connectivity index (χ0) is 24.7. The number of halogens is 1. The van der Waals surface area contributed by atoms with Crippen LogP contribution in [0, 0.1) is 12.3 Å². The zero-order valence-electron chi connectivity index (χ0n) is 20.1. The van der Waals surface area contributed by atoms with Crippen LogP contribution in [0.5, 0.6) is 11.5 Å². The van der Waals surface area contributed by atoms with Crippen molar-refractivity contribution in [1.82, 2.24) is 15.0 Å². The first kappa shape index (κ1) is 23.4. The van der Waals surface area contributed by atoms with Gasteiger partial charge in [0.25, 0.3) is 0 Å². The highest BCUT2D eigenvalue weighted by Crippen LogP contribution is 2.40. The quantitative estimate of drug-likeness (QED) is 0.519. The number of hydrogen-bond donors (Lipinski definition) is 1. The molecule has 2 aromatic heterocycles. The monoisotopic (exact) mass is 493 g/mol. The van der Waals surface area contributed by atoms with Crippen LogP contribution in [0.1, 0.15) is 42.7 Å². The van der Waals surface area contributed by atoms with Gasteiger partial charge in [-0.2, -0.15) is 0 Å². The summed E-state index contributed by atoms with van der Waals surface area (Å²) >= 11 is 6.15. The highest BCUT2D eigenvalue weighted by Gasteiger charge is 2.30. The topological polar surface area (TPSA) is 103 Å². The zero-order valence-corrected chi connectivity index (χ0v) is 20.9. The van der Waals surface area contributed by atoms with Crippen LogP contribution < -0.4 is 20.1 Å². The van der Waals surface area contributed by atoms with E-state index in [4.69, 9.17) is 31.8 Å². The van der Waals surface area contributed by atoms with Crippen molar-refractivity contribution in [1.29, 1.82) is 0 Å². The van der Waals surface area contributed by atoms with Crippen molar-refractivity contribution in [3.05, 3.63) is 58.3 Å². The molecule has 0 radical (unpaired) electrons. The third-order valence-corrected chi connectivity index (χ3v) is 7.07. The van der Waals surface area contributed by atoms with E-state index in [2.05, 4.69) is 34.8 Å². The second kappa shape index (κ2) is 9.00. The Morgan fingerprint density at radius 2 is 2.09 bits per heavy atom. The first-order valence-electron chi connectivity index (χ1n) is 11.7. The molecule has 0 spiro atoms. The van der Waals surface area contributed by atoms with Crippen LogP contribution >= 0.6 is 11.6 Å². The number of nitrogens with zero attached hydrogens (tertiary/aromatic N) is 4. The summed E-state index contributed by atoms with van der Waals surface area (Å²) in [5.74, 6) is 2.00. The molecule has 0 fully saturated rings. The lowest BCUT2D eigenvalue weighted by atomic mass is 9.76. The van der Waals surface area contributed by atoms with Gasteiger partial charge >= 0.3 is 6.09 Å². The molecule has 182 valence electrons. The Morgan fingerprint density at radius 3 is 2.89 bits per heavy atom. The molecule has 1 aromatic carbocycles. The molecule has 35 heavy (non-hydrogen) atoms. The average molecular weight is 494 g/mol. The summed E-state index contributed by atoms with van der Waals surface area (Å²) in [6, 6.07) is 6.02. The van der Waals surface area contributed by atoms with E-state index >= 15 is 0 Å². The summed E-state index contributed by atoms with van der Waals surface area (Å²) in [7, 11) is 0. The van der Waals surface area contributed by atoms with Crippen molar-refractivity contribution in [2.45, 2.75) is 46.6 Å². The predicted molar refractivity (Wildman–Crippen MR) is 134 cm³/mol. The fourth-order valence-electron chi connectivity index (χ4n) is 4.94. The Morgan fingerprint density at radius 1 is 1.26 bits per heavy atom. The standard InChI is InChI=1S/C26H28ClN5O3/c1-15-19(12-29-23(27)22(15)35-25(28)33)16-4-5-21-17(10-16)13-32(8-9-34-21)24-18-11-26(2,3)7-6-20(18)30-14-31-24/h4-5,10,12,14H,6-9,11,13H2,1-3H3,(H2,28,33). The van der Waals surface area contributed by atoms with E-state index in [1.54, 1.807) is 12.5 Å². The summed E-state index contributed by atoms with van der Waals surface area (Å²) in [6.45, 7) is 8.37. The highest BCUT2D eigenvalue weighted by molar-refractivity contribution is 6.31. The number of carbonyl (C=O) groups excluding carboxylic acids is 1. The van der Waals surface area contributed by atoms with Gasteiger partial charge in [-0.3, -0.25) is 0 Å². The molecule has 1 aliphatic carbocycles. The number of ether oxygens (including phenoxy) is 2. The van der Waals surface area contributed by atoms with Gasteiger partial charge in [0.1, 0.15) is 24.5 Å². The van der Waals surface area contributed by atoms with Crippen molar-refractivity contribution in [2.24, 2.45) is 11.1 Å². The molecule has 3 aromatic rings. The molecule has 0 atom stereocenters. The van der Waals surface area contributed by atoms with Gasteiger partial charge in [-0.05, 0) is 49.3 Å². The molecule has 8 nitrogen and oxygen atoms in total. The smallest absolute Gasteiger partial charge is 0.410 e. The van der Waals surface area contributed by atoms with Gasteiger partial charge in [0.15, 0.2) is 10.9 Å². The van der Waals surface area contributed by atoms with Gasteiger partial charge in [0.05, 0.1) is 6.54 Å². The lowest BCUT2D eigenvalue weighted by molar-refractivity contribution is 0.210. The highest BCUT2D eigenvalue weighted by atomic mass is 35.5. The third kappa shape index (κ3) is 4.62. The summed E-state index contributed by atoms with van der Waals surface area (Å²) in [4.78, 5) is 27.1. The molecule has 1 aliphatic heterocycles. The number of aromatic nitrogens is 3. The second-order valence-electron chi connectivity index (χ2n) is 9.89. The van der Waals surface area contributed by atoms with E-state index in [9.17, 15) is 4.79 Å². The number of primary amides is 1. The van der Waals surface area contributed by atoms with Gasteiger partial charge in [-0.15, -0.1) is 0 Å². The number of rotatable bonds is 3. The lowest BCUT2D eigenvalue weighted by Gasteiger charge is -2.33. The summed E-state index contributed by atoms with van der Waals surface area (Å²) < 4.78 is 11.2. The lowest BCUT2D eigenvalue weighted by Crippen LogP contribution is -2.31. The van der Waals surface area contributed by atoms with E-state index in [-0.39, 0.29) is 16.3 Å². The Hall–Kier alpha value is -3.39. The van der Waals surface area contributed by atoms with Crippen molar-refractivity contribution >= 4 is 23.5 Å². The Labute approximate surface area is 209 Å². The molecule has 2 N–H and O–H groups in total. The van der Waals surface area contributed by atoms with Gasteiger partial charge < -0.3 is 20.1 Å². The van der Waals surface area contributed by atoms with Gasteiger partial charge in [-0.25, -0.2) is 19.7 Å². The maximum Gasteiger partial charge on any atom is 0.410 e. The number of pyridine rings is 1. The molecule has 3 heterocycles. The number of nitrogens with two attached hydrogens (primary N) is 1. The van der Waals surface area contributed by atoms with Crippen molar-refractivity contribution in [3.8, 4) is 22.6 Å². The molecule has 1 amide bonds. The summed E-state index contributed by atoms with van der Waals surface area (Å²) in [5, 5.41) is 0.0887. The van der Waals surface area contributed by atoms with E-state index < -0.39 is 6.09 Å². The van der Waals surface area contributed by atoms with Crippen LogP contribution in [0.15, 0.2) is 30.7 Å². The van der Waals surface area contributed by atoms with Crippen LogP contribution in [0.3, 0.4) is 0 Å². The Bertz CT molecular complexity index is 1310. The second-order valence-corrected chi connectivity index (χ2v) is 10.3. The minimum absolute atomic E-state index is 0.0887. The number of benzene rings is 1.